The minimum Gasteiger partial charge on any atom is -0.496 e. The maximum Gasteiger partial charge on any atom is 0.161 e. The van der Waals surface area contributed by atoms with Gasteiger partial charge in [0, 0.05) is 12.6 Å². The molecule has 0 saturated carbocycles. The van der Waals surface area contributed by atoms with Crippen molar-refractivity contribution in [3.63, 3.8) is 0 Å². The number of methoxy groups -OCH3 is 1. The third-order valence-corrected chi connectivity index (χ3v) is 4.68. The van der Waals surface area contributed by atoms with Crippen molar-refractivity contribution in [2.24, 2.45) is 0 Å². The molecule has 5 heteroatoms. The van der Waals surface area contributed by atoms with Gasteiger partial charge in [-0.25, -0.2) is 0 Å². The molecule has 0 aliphatic rings. The maximum absolute atomic E-state index is 5.76. The largest absolute Gasteiger partial charge is 0.496 e. The molecule has 0 amide bonds. The molecule has 142 valence electrons. The van der Waals surface area contributed by atoms with Crippen molar-refractivity contribution >= 4 is 15.9 Å². The predicted molar refractivity (Wildman–Crippen MR) is 109 cm³/mol. The highest BCUT2D eigenvalue weighted by molar-refractivity contribution is 9.10. The Kier molecular flexibility index (Phi) is 8.26. The van der Waals surface area contributed by atoms with Gasteiger partial charge >= 0.3 is 0 Å². The average Bonchev–Trinajstić information content (AvgIpc) is 2.65. The zero-order chi connectivity index (χ0) is 18.9. The first-order valence-corrected chi connectivity index (χ1v) is 9.83. The summed E-state index contributed by atoms with van der Waals surface area (Å²) in [5.41, 5.74) is 2.36. The van der Waals surface area contributed by atoms with Crippen LogP contribution in [0.2, 0.25) is 0 Å². The third kappa shape index (κ3) is 5.64. The van der Waals surface area contributed by atoms with Gasteiger partial charge in [-0.15, -0.1) is 0 Å². The molecule has 2 aromatic rings. The fourth-order valence-electron chi connectivity index (χ4n) is 2.60. The van der Waals surface area contributed by atoms with Crippen molar-refractivity contribution in [3.05, 3.63) is 52.0 Å². The van der Waals surface area contributed by atoms with Gasteiger partial charge in [0.25, 0.3) is 0 Å². The Morgan fingerprint density at radius 1 is 1.00 bits per heavy atom. The molecule has 0 heterocycles. The number of nitrogens with one attached hydrogen (secondary N) is 1. The normalized spacial score (nSPS) is 11.9. The second-order valence-electron chi connectivity index (χ2n) is 6.06. The van der Waals surface area contributed by atoms with Gasteiger partial charge in [-0.1, -0.05) is 19.1 Å². The van der Waals surface area contributed by atoms with Gasteiger partial charge in [0.15, 0.2) is 11.5 Å². The third-order valence-electron chi connectivity index (χ3n) is 4.06. The summed E-state index contributed by atoms with van der Waals surface area (Å²) >= 11 is 3.54. The van der Waals surface area contributed by atoms with Crippen LogP contribution >= 0.6 is 15.9 Å². The summed E-state index contributed by atoms with van der Waals surface area (Å²) < 4.78 is 17.7. The lowest BCUT2D eigenvalue weighted by Gasteiger charge is -2.17. The molecule has 0 aromatic heterocycles. The SMILES string of the molecule is CCCOc1ccc(CN[C@H](C)c2ccc(OC)c(Br)c2)cc1OCC. The fraction of sp³-hybridized carbons (Fsp3) is 0.429. The second kappa shape index (κ2) is 10.4. The minimum atomic E-state index is 0.212. The molecule has 1 atom stereocenters. The summed E-state index contributed by atoms with van der Waals surface area (Å²) in [6.07, 6.45) is 0.976. The van der Waals surface area contributed by atoms with Gasteiger partial charge in [0.1, 0.15) is 5.75 Å². The van der Waals surface area contributed by atoms with Crippen molar-refractivity contribution in [2.75, 3.05) is 20.3 Å². The molecule has 0 aliphatic carbocycles. The lowest BCUT2D eigenvalue weighted by Crippen LogP contribution is -2.18. The van der Waals surface area contributed by atoms with E-state index < -0.39 is 0 Å². The molecule has 0 bridgehead atoms. The van der Waals surface area contributed by atoms with E-state index in [2.05, 4.69) is 59.4 Å². The first-order chi connectivity index (χ1) is 12.6. The van der Waals surface area contributed by atoms with E-state index in [-0.39, 0.29) is 6.04 Å². The first-order valence-electron chi connectivity index (χ1n) is 9.04. The van der Waals surface area contributed by atoms with Gasteiger partial charge in [-0.2, -0.15) is 0 Å². The molecule has 0 unspecified atom stereocenters. The van der Waals surface area contributed by atoms with Crippen LogP contribution in [0.3, 0.4) is 0 Å². The van der Waals surface area contributed by atoms with E-state index in [9.17, 15) is 0 Å². The van der Waals surface area contributed by atoms with E-state index in [1.165, 1.54) is 5.56 Å². The monoisotopic (exact) mass is 421 g/mol. The number of hydrogen-bond donors (Lipinski definition) is 1. The molecule has 4 nitrogen and oxygen atoms in total. The summed E-state index contributed by atoms with van der Waals surface area (Å²) in [7, 11) is 1.67. The summed E-state index contributed by atoms with van der Waals surface area (Å²) in [5.74, 6) is 2.45. The van der Waals surface area contributed by atoms with Crippen LogP contribution in [0.1, 0.15) is 44.4 Å². The van der Waals surface area contributed by atoms with E-state index in [1.807, 2.05) is 19.1 Å². The highest BCUT2D eigenvalue weighted by atomic mass is 79.9. The zero-order valence-corrected chi connectivity index (χ0v) is 17.6. The van der Waals surface area contributed by atoms with E-state index in [1.54, 1.807) is 7.11 Å². The summed E-state index contributed by atoms with van der Waals surface area (Å²) in [6, 6.07) is 12.5. The van der Waals surface area contributed by atoms with E-state index in [0.717, 1.165) is 40.3 Å². The highest BCUT2D eigenvalue weighted by Crippen LogP contribution is 2.30. The fourth-order valence-corrected chi connectivity index (χ4v) is 3.16. The van der Waals surface area contributed by atoms with Crippen molar-refractivity contribution in [2.45, 2.75) is 39.8 Å². The molecule has 1 N–H and O–H groups in total. The number of ether oxygens (including phenoxy) is 3. The Morgan fingerprint density at radius 3 is 2.42 bits per heavy atom. The van der Waals surface area contributed by atoms with Crippen LogP contribution in [0.25, 0.3) is 0 Å². The quantitative estimate of drug-likeness (QED) is 0.549. The van der Waals surface area contributed by atoms with Crippen molar-refractivity contribution in [3.8, 4) is 17.2 Å². The Labute approximate surface area is 165 Å². The lowest BCUT2D eigenvalue weighted by molar-refractivity contribution is 0.276. The van der Waals surface area contributed by atoms with Gasteiger partial charge < -0.3 is 19.5 Å². The smallest absolute Gasteiger partial charge is 0.161 e. The van der Waals surface area contributed by atoms with E-state index >= 15 is 0 Å². The molecule has 0 radical (unpaired) electrons. The zero-order valence-electron chi connectivity index (χ0n) is 16.0. The van der Waals surface area contributed by atoms with Crippen LogP contribution < -0.4 is 19.5 Å². The standard InChI is InChI=1S/C21H28BrNO3/c1-5-11-26-20-9-7-16(12-21(20)25-6-2)14-23-15(3)17-8-10-19(24-4)18(22)13-17/h7-10,12-13,15,23H,5-6,11,14H2,1-4H3/t15-/m1/s1. The average molecular weight is 422 g/mol. The summed E-state index contributed by atoms with van der Waals surface area (Å²) in [4.78, 5) is 0. The van der Waals surface area contributed by atoms with Crippen LogP contribution in [0.4, 0.5) is 0 Å². The molecule has 26 heavy (non-hydrogen) atoms. The molecular weight excluding hydrogens is 394 g/mol. The van der Waals surface area contributed by atoms with Crippen LogP contribution in [0, 0.1) is 0 Å². The molecule has 0 saturated heterocycles. The highest BCUT2D eigenvalue weighted by Gasteiger charge is 2.10. The summed E-state index contributed by atoms with van der Waals surface area (Å²) in [6.45, 7) is 8.29. The minimum absolute atomic E-state index is 0.212. The topological polar surface area (TPSA) is 39.7 Å². The van der Waals surface area contributed by atoms with E-state index in [4.69, 9.17) is 14.2 Å². The van der Waals surface area contributed by atoms with Gasteiger partial charge in [0.2, 0.25) is 0 Å². The van der Waals surface area contributed by atoms with Gasteiger partial charge in [-0.05, 0) is 71.6 Å². The molecule has 0 spiro atoms. The molecule has 0 aliphatic heterocycles. The van der Waals surface area contributed by atoms with Crippen molar-refractivity contribution in [1.82, 2.24) is 5.32 Å². The predicted octanol–water partition coefficient (Wildman–Crippen LogP) is 5.50. The van der Waals surface area contributed by atoms with Crippen LogP contribution in [-0.2, 0) is 6.54 Å². The number of halogens is 1. The Morgan fingerprint density at radius 2 is 1.77 bits per heavy atom. The van der Waals surface area contributed by atoms with E-state index in [0.29, 0.717) is 13.2 Å². The van der Waals surface area contributed by atoms with Crippen LogP contribution in [0.15, 0.2) is 40.9 Å². The number of benzene rings is 2. The maximum atomic E-state index is 5.76. The number of rotatable bonds is 10. The van der Waals surface area contributed by atoms with Crippen LogP contribution in [-0.4, -0.2) is 20.3 Å². The van der Waals surface area contributed by atoms with Gasteiger partial charge in [0.05, 0.1) is 24.8 Å². The van der Waals surface area contributed by atoms with Crippen LogP contribution in [0.5, 0.6) is 17.2 Å². The van der Waals surface area contributed by atoms with Gasteiger partial charge in [-0.3, -0.25) is 0 Å². The Hall–Kier alpha value is -1.72. The molecule has 2 aromatic carbocycles. The first kappa shape index (κ1) is 20.6. The van der Waals surface area contributed by atoms with Crippen molar-refractivity contribution in [1.29, 1.82) is 0 Å². The molecular formula is C21H28BrNO3. The molecule has 0 fully saturated rings. The summed E-state index contributed by atoms with van der Waals surface area (Å²) in [5, 5.41) is 3.55. The Bertz CT molecular complexity index is 706. The number of hydrogen-bond acceptors (Lipinski definition) is 4. The Balaban J connectivity index is 2.03. The lowest BCUT2D eigenvalue weighted by atomic mass is 10.1. The second-order valence-corrected chi connectivity index (χ2v) is 6.91. The molecule has 2 rings (SSSR count). The van der Waals surface area contributed by atoms with Crippen molar-refractivity contribution < 1.29 is 14.2 Å².